The Labute approximate surface area is 151 Å². The first-order chi connectivity index (χ1) is 12.0. The number of quaternary nitrogens is 1. The van der Waals surface area contributed by atoms with Crippen LogP contribution < -0.4 is 10.5 Å². The number of hydrogen-bond donors (Lipinski definition) is 3. The smallest absolute Gasteiger partial charge is 0.264 e. The molecule has 1 aromatic carbocycles. The van der Waals surface area contributed by atoms with E-state index < -0.39 is 5.56 Å². The number of nitrogens with zero attached hydrogens (tertiary/aromatic N) is 2. The van der Waals surface area contributed by atoms with Crippen molar-refractivity contribution in [2.75, 3.05) is 13.1 Å². The van der Waals surface area contributed by atoms with Crippen LogP contribution >= 0.6 is 12.2 Å². The van der Waals surface area contributed by atoms with E-state index in [2.05, 4.69) is 22.1 Å². The standard InChI is InChI=1S/C18H22N4O2S/c1-21-17(24)15(16(23)20-18(21)25)11-19-14-7-5-13(6-8-14)12-22-9-3-2-4-10-22/h5-8,11,24H,2-4,9-10,12H2,1H3,(H,20,23,25)/p+1. The Bertz CT molecular complexity index is 877. The predicted octanol–water partition coefficient (Wildman–Crippen LogP) is 1.47. The van der Waals surface area contributed by atoms with Crippen LogP contribution in [0.15, 0.2) is 34.1 Å². The number of aliphatic imine (C=N–C) groups is 1. The number of H-pyrrole nitrogens is 1. The minimum atomic E-state index is -0.449. The quantitative estimate of drug-likeness (QED) is 0.572. The molecule has 1 aromatic heterocycles. The molecule has 0 spiro atoms. The third-order valence-electron chi connectivity index (χ3n) is 4.62. The molecule has 1 aliphatic rings. The molecule has 7 heteroatoms. The summed E-state index contributed by atoms with van der Waals surface area (Å²) >= 11 is 4.95. The zero-order valence-electron chi connectivity index (χ0n) is 14.3. The van der Waals surface area contributed by atoms with E-state index in [0.29, 0.717) is 0 Å². The van der Waals surface area contributed by atoms with E-state index in [1.165, 1.54) is 48.7 Å². The topological polar surface area (TPSA) is 74.8 Å². The van der Waals surface area contributed by atoms with Crippen LogP contribution in [0.3, 0.4) is 0 Å². The molecule has 3 rings (SSSR count). The van der Waals surface area contributed by atoms with Crippen molar-refractivity contribution in [2.24, 2.45) is 12.0 Å². The Morgan fingerprint density at radius 3 is 2.64 bits per heavy atom. The van der Waals surface area contributed by atoms with Crippen LogP contribution in [0.4, 0.5) is 5.69 Å². The third-order valence-corrected chi connectivity index (χ3v) is 5.00. The van der Waals surface area contributed by atoms with E-state index in [1.54, 1.807) is 11.9 Å². The Morgan fingerprint density at radius 2 is 1.96 bits per heavy atom. The second kappa shape index (κ2) is 7.76. The number of hydrogen-bond acceptors (Lipinski definition) is 4. The number of rotatable bonds is 4. The number of benzene rings is 1. The number of aromatic hydroxyl groups is 1. The highest BCUT2D eigenvalue weighted by Gasteiger charge is 2.13. The number of aromatic nitrogens is 2. The van der Waals surface area contributed by atoms with E-state index >= 15 is 0 Å². The van der Waals surface area contributed by atoms with Crippen LogP contribution in [-0.4, -0.2) is 34.0 Å². The highest BCUT2D eigenvalue weighted by atomic mass is 32.1. The summed E-state index contributed by atoms with van der Waals surface area (Å²) in [5.41, 5.74) is 1.67. The van der Waals surface area contributed by atoms with Crippen molar-refractivity contribution in [2.45, 2.75) is 25.8 Å². The average molecular weight is 359 g/mol. The predicted molar refractivity (Wildman–Crippen MR) is 100 cm³/mol. The second-order valence-electron chi connectivity index (χ2n) is 6.47. The van der Waals surface area contributed by atoms with Crippen molar-refractivity contribution in [3.63, 3.8) is 0 Å². The van der Waals surface area contributed by atoms with Crippen LogP contribution in [0, 0.1) is 4.77 Å². The summed E-state index contributed by atoms with van der Waals surface area (Å²) in [5.74, 6) is -0.192. The maximum Gasteiger partial charge on any atom is 0.264 e. The normalized spacial score (nSPS) is 15.7. The number of nitrogens with one attached hydrogen (secondary N) is 2. The van der Waals surface area contributed by atoms with Gasteiger partial charge in [0.25, 0.3) is 5.56 Å². The maximum absolute atomic E-state index is 11.9. The van der Waals surface area contributed by atoms with E-state index in [0.717, 1.165) is 12.2 Å². The fourth-order valence-corrected chi connectivity index (χ4v) is 3.28. The number of piperidine rings is 1. The van der Waals surface area contributed by atoms with Gasteiger partial charge in [-0.15, -0.1) is 0 Å². The minimum absolute atomic E-state index is 0.0953. The molecule has 0 unspecified atom stereocenters. The Balaban J connectivity index is 1.73. The first kappa shape index (κ1) is 17.6. The lowest BCUT2D eigenvalue weighted by Crippen LogP contribution is -3.11. The lowest BCUT2D eigenvalue weighted by atomic mass is 10.1. The largest absolute Gasteiger partial charge is 0.494 e. The van der Waals surface area contributed by atoms with Gasteiger partial charge in [-0.2, -0.15) is 0 Å². The van der Waals surface area contributed by atoms with Gasteiger partial charge in [0.05, 0.1) is 18.8 Å². The minimum Gasteiger partial charge on any atom is -0.494 e. The van der Waals surface area contributed by atoms with E-state index in [-0.39, 0.29) is 16.2 Å². The zero-order chi connectivity index (χ0) is 17.8. The van der Waals surface area contributed by atoms with Crippen molar-refractivity contribution in [3.05, 3.63) is 50.5 Å². The second-order valence-corrected chi connectivity index (χ2v) is 6.85. The van der Waals surface area contributed by atoms with Crippen molar-refractivity contribution < 1.29 is 10.0 Å². The molecule has 132 valence electrons. The SMILES string of the molecule is Cn1c(O)c(C=Nc2ccc(C[NH+]3CCCCC3)cc2)c(=O)[nH]c1=S. The fraction of sp³-hybridized carbons (Fsp3) is 0.389. The van der Waals surface area contributed by atoms with Crippen LogP contribution in [0.2, 0.25) is 0 Å². The molecular weight excluding hydrogens is 336 g/mol. The summed E-state index contributed by atoms with van der Waals surface area (Å²) in [5, 5.41) is 10.0. The van der Waals surface area contributed by atoms with E-state index in [1.807, 2.05) is 12.1 Å². The first-order valence-electron chi connectivity index (χ1n) is 8.53. The monoisotopic (exact) mass is 359 g/mol. The molecule has 0 aliphatic carbocycles. The third kappa shape index (κ3) is 4.24. The summed E-state index contributed by atoms with van der Waals surface area (Å²) in [6.07, 6.45) is 5.35. The van der Waals surface area contributed by atoms with Gasteiger partial charge in [-0.1, -0.05) is 12.1 Å². The van der Waals surface area contributed by atoms with Gasteiger partial charge in [0, 0.05) is 18.8 Å². The van der Waals surface area contributed by atoms with Gasteiger partial charge in [0.1, 0.15) is 12.1 Å². The lowest BCUT2D eigenvalue weighted by molar-refractivity contribution is -0.918. The number of aromatic amines is 1. The lowest BCUT2D eigenvalue weighted by Gasteiger charge is -2.23. The van der Waals surface area contributed by atoms with E-state index in [9.17, 15) is 9.90 Å². The maximum atomic E-state index is 11.9. The molecule has 2 heterocycles. The highest BCUT2D eigenvalue weighted by Crippen LogP contribution is 2.15. The highest BCUT2D eigenvalue weighted by molar-refractivity contribution is 7.71. The van der Waals surface area contributed by atoms with Crippen LogP contribution in [0.25, 0.3) is 0 Å². The molecular formula is C18H23N4O2S+. The molecule has 0 bridgehead atoms. The summed E-state index contributed by atoms with van der Waals surface area (Å²) in [6.45, 7) is 3.54. The zero-order valence-corrected chi connectivity index (χ0v) is 15.1. The molecule has 6 nitrogen and oxygen atoms in total. The number of likely N-dealkylation sites (tertiary alicyclic amines) is 1. The van der Waals surface area contributed by atoms with Crippen molar-refractivity contribution in [1.29, 1.82) is 0 Å². The molecule has 0 amide bonds. The average Bonchev–Trinajstić information content (AvgIpc) is 2.62. The molecule has 1 aliphatic heterocycles. The summed E-state index contributed by atoms with van der Waals surface area (Å²) < 4.78 is 1.51. The van der Waals surface area contributed by atoms with Crippen LogP contribution in [0.1, 0.15) is 30.4 Å². The van der Waals surface area contributed by atoms with Crippen LogP contribution in [0.5, 0.6) is 5.88 Å². The Hall–Kier alpha value is -2.25. The first-order valence-corrected chi connectivity index (χ1v) is 8.94. The van der Waals surface area contributed by atoms with Gasteiger partial charge in [-0.3, -0.25) is 19.3 Å². The summed E-state index contributed by atoms with van der Waals surface area (Å²) in [4.78, 5) is 20.4. The van der Waals surface area contributed by atoms with E-state index in [4.69, 9.17) is 12.2 Å². The van der Waals surface area contributed by atoms with Gasteiger partial charge in [-0.05, 0) is 43.6 Å². The van der Waals surface area contributed by atoms with Gasteiger partial charge < -0.3 is 10.0 Å². The molecule has 2 aromatic rings. The molecule has 0 saturated carbocycles. The van der Waals surface area contributed by atoms with Crippen molar-refractivity contribution in [3.8, 4) is 5.88 Å². The van der Waals surface area contributed by atoms with Gasteiger partial charge in [-0.25, -0.2) is 0 Å². The molecule has 1 saturated heterocycles. The summed E-state index contributed by atoms with van der Waals surface area (Å²) in [7, 11) is 1.59. The molecule has 25 heavy (non-hydrogen) atoms. The molecule has 3 N–H and O–H groups in total. The summed E-state index contributed by atoms with van der Waals surface area (Å²) in [6, 6.07) is 8.01. The van der Waals surface area contributed by atoms with Gasteiger partial charge in [0.15, 0.2) is 4.77 Å². The molecule has 0 atom stereocenters. The fourth-order valence-electron chi connectivity index (χ4n) is 3.10. The Morgan fingerprint density at radius 1 is 1.28 bits per heavy atom. The van der Waals surface area contributed by atoms with Gasteiger partial charge >= 0.3 is 0 Å². The Kier molecular flexibility index (Phi) is 5.45. The van der Waals surface area contributed by atoms with Crippen LogP contribution in [-0.2, 0) is 13.6 Å². The van der Waals surface area contributed by atoms with Gasteiger partial charge in [0.2, 0.25) is 5.88 Å². The van der Waals surface area contributed by atoms with Crippen molar-refractivity contribution >= 4 is 24.1 Å². The molecule has 1 fully saturated rings. The molecule has 0 radical (unpaired) electrons. The van der Waals surface area contributed by atoms with Crippen molar-refractivity contribution in [1.82, 2.24) is 9.55 Å².